The average molecular weight is 358 g/mol. The third-order valence-corrected chi connectivity index (χ3v) is 4.32. The first-order chi connectivity index (χ1) is 12.2. The molecule has 1 fully saturated rings. The number of benzene rings is 2. The summed E-state index contributed by atoms with van der Waals surface area (Å²) in [4.78, 5) is 12.3. The number of epoxide rings is 1. The van der Waals surface area contributed by atoms with Crippen LogP contribution in [0.2, 0.25) is 5.02 Å². The zero-order valence-electron chi connectivity index (χ0n) is 13.6. The number of rotatable bonds is 5. The van der Waals surface area contributed by atoms with E-state index in [9.17, 15) is 4.79 Å². The number of hydrogen-bond acceptors (Lipinski definition) is 4. The minimum Gasteiger partial charge on any atom is -0.489 e. The van der Waals surface area contributed by atoms with Gasteiger partial charge in [-0.2, -0.15) is 0 Å². The largest absolute Gasteiger partial charge is 0.489 e. The second-order valence-electron chi connectivity index (χ2n) is 5.78. The van der Waals surface area contributed by atoms with E-state index >= 15 is 0 Å². The van der Waals surface area contributed by atoms with Gasteiger partial charge in [0.1, 0.15) is 18.5 Å². The fraction of sp³-hybridized carbons (Fsp3) is 0.211. The van der Waals surface area contributed by atoms with Gasteiger partial charge in [-0.15, -0.1) is 0 Å². The van der Waals surface area contributed by atoms with Gasteiger partial charge >= 0.3 is 0 Å². The fourth-order valence-electron chi connectivity index (χ4n) is 2.78. The summed E-state index contributed by atoms with van der Waals surface area (Å²) >= 11 is 6.22. The van der Waals surface area contributed by atoms with E-state index in [0.717, 1.165) is 5.52 Å². The molecule has 0 aliphatic carbocycles. The van der Waals surface area contributed by atoms with Crippen LogP contribution in [0.25, 0.3) is 16.6 Å². The van der Waals surface area contributed by atoms with Crippen LogP contribution < -0.4 is 14.9 Å². The molecule has 6 heteroatoms. The molecule has 5 nitrogen and oxygen atoms in total. The summed E-state index contributed by atoms with van der Waals surface area (Å²) in [5.41, 5.74) is 1.34. The topological polar surface area (TPSA) is 53.0 Å². The van der Waals surface area contributed by atoms with Crippen molar-refractivity contribution >= 4 is 22.5 Å². The Morgan fingerprint density at radius 3 is 2.80 bits per heavy atom. The lowest BCUT2D eigenvalue weighted by Gasteiger charge is -2.19. The molecular weight excluding hydrogens is 342 g/mol. The molecule has 1 saturated heterocycles. The first-order valence-corrected chi connectivity index (χ1v) is 8.28. The fourth-order valence-corrected chi connectivity index (χ4v) is 2.95. The molecule has 1 aromatic heterocycles. The monoisotopic (exact) mass is 357 g/mol. The van der Waals surface area contributed by atoms with Crippen LogP contribution in [-0.2, 0) is 4.74 Å². The molecule has 1 aliphatic rings. The zero-order chi connectivity index (χ0) is 17.4. The molecule has 0 saturated carbocycles. The second kappa shape index (κ2) is 6.43. The van der Waals surface area contributed by atoms with Crippen molar-refractivity contribution in [1.82, 2.24) is 4.57 Å². The van der Waals surface area contributed by atoms with Crippen molar-refractivity contribution in [3.8, 4) is 17.3 Å². The molecule has 25 heavy (non-hydrogen) atoms. The normalized spacial score (nSPS) is 16.0. The standard InChI is InChI=1S/C19H16ClNO4/c1-23-19-9-17(22)14-4-2-3-5-15(14)21(19)16-8-12(20)6-7-18(16)25-11-13-10-24-13/h2-9,13H,10-11H2,1H3. The molecule has 0 N–H and O–H groups in total. The maximum absolute atomic E-state index is 12.3. The van der Waals surface area contributed by atoms with Gasteiger partial charge in [0.2, 0.25) is 5.88 Å². The number of methoxy groups -OCH3 is 1. The maximum atomic E-state index is 12.3. The van der Waals surface area contributed by atoms with Crippen LogP contribution in [0, 0.1) is 0 Å². The molecule has 0 radical (unpaired) electrons. The molecule has 3 aromatic rings. The van der Waals surface area contributed by atoms with Gasteiger partial charge in [-0.3, -0.25) is 9.36 Å². The Kier molecular flexibility index (Phi) is 4.11. The van der Waals surface area contributed by atoms with E-state index in [0.29, 0.717) is 40.9 Å². The smallest absolute Gasteiger partial charge is 0.202 e. The Bertz CT molecular complexity index is 994. The Morgan fingerprint density at radius 2 is 2.04 bits per heavy atom. The van der Waals surface area contributed by atoms with Crippen molar-refractivity contribution in [3.63, 3.8) is 0 Å². The minimum absolute atomic E-state index is 0.0976. The van der Waals surface area contributed by atoms with Crippen LogP contribution in [0.3, 0.4) is 0 Å². The van der Waals surface area contributed by atoms with Crippen molar-refractivity contribution in [2.24, 2.45) is 0 Å². The first-order valence-electron chi connectivity index (χ1n) is 7.90. The molecule has 1 aliphatic heterocycles. The Hall–Kier alpha value is -2.50. The highest BCUT2D eigenvalue weighted by molar-refractivity contribution is 6.30. The lowest BCUT2D eigenvalue weighted by molar-refractivity contribution is 0.262. The molecule has 0 amide bonds. The summed E-state index contributed by atoms with van der Waals surface area (Å²) in [5.74, 6) is 1.06. The second-order valence-corrected chi connectivity index (χ2v) is 6.22. The van der Waals surface area contributed by atoms with Crippen molar-refractivity contribution in [1.29, 1.82) is 0 Å². The van der Waals surface area contributed by atoms with E-state index in [1.807, 2.05) is 28.8 Å². The van der Waals surface area contributed by atoms with E-state index < -0.39 is 0 Å². The highest BCUT2D eigenvalue weighted by Gasteiger charge is 2.24. The zero-order valence-corrected chi connectivity index (χ0v) is 14.3. The van der Waals surface area contributed by atoms with Crippen LogP contribution in [0.15, 0.2) is 53.3 Å². The van der Waals surface area contributed by atoms with E-state index in [1.54, 1.807) is 18.2 Å². The third-order valence-electron chi connectivity index (χ3n) is 4.08. The number of nitrogens with zero attached hydrogens (tertiary/aromatic N) is 1. The number of ether oxygens (including phenoxy) is 3. The quantitative estimate of drug-likeness (QED) is 0.656. The van der Waals surface area contributed by atoms with Crippen molar-refractivity contribution in [2.75, 3.05) is 20.3 Å². The Balaban J connectivity index is 1.95. The van der Waals surface area contributed by atoms with Gasteiger partial charge < -0.3 is 14.2 Å². The number of hydrogen-bond donors (Lipinski definition) is 0. The Labute approximate surface area is 149 Å². The SMILES string of the molecule is COc1cc(=O)c2ccccc2n1-c1cc(Cl)ccc1OCC1CO1. The van der Waals surface area contributed by atoms with Crippen molar-refractivity contribution in [2.45, 2.75) is 6.10 Å². The number of para-hydroxylation sites is 1. The van der Waals surface area contributed by atoms with Gasteiger partial charge in [0.15, 0.2) is 5.43 Å². The van der Waals surface area contributed by atoms with Crippen LogP contribution >= 0.6 is 11.6 Å². The highest BCUT2D eigenvalue weighted by atomic mass is 35.5. The van der Waals surface area contributed by atoms with Crippen molar-refractivity contribution < 1.29 is 14.2 Å². The summed E-state index contributed by atoms with van der Waals surface area (Å²) in [6, 6.07) is 14.2. The summed E-state index contributed by atoms with van der Waals surface area (Å²) in [7, 11) is 1.53. The van der Waals surface area contributed by atoms with Gasteiger partial charge in [0.25, 0.3) is 0 Å². The molecule has 4 rings (SSSR count). The Morgan fingerprint density at radius 1 is 1.24 bits per heavy atom. The molecule has 0 spiro atoms. The van der Waals surface area contributed by atoms with Gasteiger partial charge in [0.05, 0.1) is 24.9 Å². The number of halogens is 1. The van der Waals surface area contributed by atoms with E-state index in [2.05, 4.69) is 0 Å². The summed E-state index contributed by atoms with van der Waals surface area (Å²) < 4.78 is 18.4. The highest BCUT2D eigenvalue weighted by Crippen LogP contribution is 2.33. The van der Waals surface area contributed by atoms with Gasteiger partial charge in [0, 0.05) is 16.5 Å². The lowest BCUT2D eigenvalue weighted by atomic mass is 10.2. The van der Waals surface area contributed by atoms with E-state index in [1.165, 1.54) is 13.2 Å². The molecule has 2 heterocycles. The maximum Gasteiger partial charge on any atom is 0.202 e. The molecule has 0 bridgehead atoms. The molecule has 1 atom stereocenters. The summed E-state index contributed by atoms with van der Waals surface area (Å²) in [5, 5.41) is 1.16. The van der Waals surface area contributed by atoms with Crippen molar-refractivity contribution in [3.05, 3.63) is 63.8 Å². The van der Waals surface area contributed by atoms with Crippen LogP contribution in [0.5, 0.6) is 11.6 Å². The third kappa shape index (κ3) is 3.08. The van der Waals surface area contributed by atoms with Crippen LogP contribution in [0.1, 0.15) is 0 Å². The summed E-state index contributed by atoms with van der Waals surface area (Å²) in [6.45, 7) is 1.18. The lowest BCUT2D eigenvalue weighted by Crippen LogP contribution is -2.12. The molecule has 2 aromatic carbocycles. The number of pyridine rings is 1. The summed E-state index contributed by atoms with van der Waals surface area (Å²) in [6.07, 6.45) is 0.135. The minimum atomic E-state index is -0.0976. The predicted molar refractivity (Wildman–Crippen MR) is 96.3 cm³/mol. The van der Waals surface area contributed by atoms with E-state index in [-0.39, 0.29) is 11.5 Å². The van der Waals surface area contributed by atoms with E-state index in [4.69, 9.17) is 25.8 Å². The van der Waals surface area contributed by atoms with Crippen LogP contribution in [-0.4, -0.2) is 31.0 Å². The average Bonchev–Trinajstić information content (AvgIpc) is 3.45. The van der Waals surface area contributed by atoms with Gasteiger partial charge in [-0.25, -0.2) is 0 Å². The van der Waals surface area contributed by atoms with Gasteiger partial charge in [-0.05, 0) is 30.3 Å². The molecule has 128 valence electrons. The first kappa shape index (κ1) is 16.0. The van der Waals surface area contributed by atoms with Crippen LogP contribution in [0.4, 0.5) is 0 Å². The predicted octanol–water partition coefficient (Wildman–Crippen LogP) is 3.43. The molecule has 1 unspecified atom stereocenters. The van der Waals surface area contributed by atoms with Gasteiger partial charge in [-0.1, -0.05) is 23.7 Å². The molecular formula is C19H16ClNO4. The number of aromatic nitrogens is 1. The number of fused-ring (bicyclic) bond motifs is 1.